The minimum Gasteiger partial charge on any atom is -0.372 e. The molecule has 3 heteroatoms. The number of hydrogen-bond acceptors (Lipinski definition) is 3. The van der Waals surface area contributed by atoms with E-state index < -0.39 is 0 Å². The summed E-state index contributed by atoms with van der Waals surface area (Å²) in [7, 11) is 0. The number of ether oxygens (including phenoxy) is 1. The zero-order valence-electron chi connectivity index (χ0n) is 10.4. The predicted molar refractivity (Wildman–Crippen MR) is 70.0 cm³/mol. The van der Waals surface area contributed by atoms with Crippen LogP contribution in [0.5, 0.6) is 0 Å². The summed E-state index contributed by atoms with van der Waals surface area (Å²) in [6.45, 7) is 0. The zero-order valence-corrected chi connectivity index (χ0v) is 11.2. The lowest BCUT2D eigenvalue weighted by molar-refractivity contribution is -0.0406. The lowest BCUT2D eigenvalue weighted by Crippen LogP contribution is -2.29. The van der Waals surface area contributed by atoms with Crippen LogP contribution in [0.25, 0.3) is 0 Å². The Labute approximate surface area is 108 Å². The van der Waals surface area contributed by atoms with Crippen molar-refractivity contribution in [1.82, 2.24) is 0 Å². The van der Waals surface area contributed by atoms with Crippen LogP contribution in [-0.4, -0.2) is 22.2 Å². The molecule has 0 radical (unpaired) electrons. The lowest BCUT2D eigenvalue weighted by Gasteiger charge is -2.27. The predicted octanol–water partition coefficient (Wildman–Crippen LogP) is 3.66. The van der Waals surface area contributed by atoms with Crippen molar-refractivity contribution in [1.29, 1.82) is 5.26 Å². The maximum atomic E-state index is 9.41. The fourth-order valence-electron chi connectivity index (χ4n) is 3.79. The van der Waals surface area contributed by atoms with Crippen LogP contribution in [0.15, 0.2) is 0 Å². The summed E-state index contributed by atoms with van der Waals surface area (Å²) in [6, 6.07) is 2.57. The van der Waals surface area contributed by atoms with Gasteiger partial charge < -0.3 is 4.74 Å². The van der Waals surface area contributed by atoms with Crippen LogP contribution in [0.2, 0.25) is 0 Å². The fourth-order valence-corrected chi connectivity index (χ4v) is 5.12. The lowest BCUT2D eigenvalue weighted by atomic mass is 9.94. The summed E-state index contributed by atoms with van der Waals surface area (Å²) in [5.74, 6) is 1.16. The molecule has 3 rings (SSSR count). The van der Waals surface area contributed by atoms with Crippen LogP contribution in [0, 0.1) is 11.3 Å². The Morgan fingerprint density at radius 2 is 2.00 bits per heavy atom. The molecule has 0 aromatic rings. The van der Waals surface area contributed by atoms with E-state index in [0.717, 1.165) is 18.6 Å². The highest BCUT2D eigenvalue weighted by Crippen LogP contribution is 2.48. The number of nitriles is 1. The first-order valence-electron chi connectivity index (χ1n) is 6.99. The van der Waals surface area contributed by atoms with Gasteiger partial charge in [0.2, 0.25) is 0 Å². The Bertz CT molecular complexity index is 324. The van der Waals surface area contributed by atoms with E-state index in [4.69, 9.17) is 4.74 Å². The quantitative estimate of drug-likeness (QED) is 0.751. The molecular formula is C14H21NOS. The summed E-state index contributed by atoms with van der Waals surface area (Å²) in [5, 5.41) is 9.41. The Balaban J connectivity index is 1.62. The van der Waals surface area contributed by atoms with E-state index in [1.165, 1.54) is 44.9 Å². The van der Waals surface area contributed by atoms with Crippen LogP contribution < -0.4 is 0 Å². The van der Waals surface area contributed by atoms with Gasteiger partial charge in [-0.15, -0.1) is 11.8 Å². The van der Waals surface area contributed by atoms with Crippen molar-refractivity contribution >= 4 is 11.8 Å². The van der Waals surface area contributed by atoms with Crippen molar-refractivity contribution in [2.75, 3.05) is 5.75 Å². The van der Waals surface area contributed by atoms with E-state index in [1.807, 2.05) is 11.8 Å². The smallest absolute Gasteiger partial charge is 0.105 e. The van der Waals surface area contributed by atoms with Gasteiger partial charge in [-0.25, -0.2) is 0 Å². The third-order valence-corrected chi connectivity index (χ3v) is 6.23. The molecule has 2 heterocycles. The molecule has 1 aliphatic carbocycles. The summed E-state index contributed by atoms with van der Waals surface area (Å²) >= 11 is 1.87. The van der Waals surface area contributed by atoms with Gasteiger partial charge in [-0.3, -0.25) is 0 Å². The van der Waals surface area contributed by atoms with Crippen LogP contribution in [0.4, 0.5) is 0 Å². The van der Waals surface area contributed by atoms with Gasteiger partial charge in [-0.05, 0) is 44.3 Å². The van der Waals surface area contributed by atoms with E-state index in [-0.39, 0.29) is 10.3 Å². The summed E-state index contributed by atoms with van der Waals surface area (Å²) in [4.78, 5) is 0. The molecular weight excluding hydrogens is 230 g/mol. The largest absolute Gasteiger partial charge is 0.372 e. The third kappa shape index (κ3) is 2.22. The fraction of sp³-hybridized carbons (Fsp3) is 0.929. The molecule has 0 bridgehead atoms. The third-order valence-electron chi connectivity index (χ3n) is 4.72. The van der Waals surface area contributed by atoms with Crippen molar-refractivity contribution in [3.63, 3.8) is 0 Å². The van der Waals surface area contributed by atoms with Crippen molar-refractivity contribution in [2.45, 2.75) is 74.2 Å². The minimum absolute atomic E-state index is 0.116. The van der Waals surface area contributed by atoms with E-state index in [2.05, 4.69) is 6.07 Å². The Morgan fingerprint density at radius 3 is 2.65 bits per heavy atom. The summed E-state index contributed by atoms with van der Waals surface area (Å²) in [5.41, 5.74) is 0.227. The maximum Gasteiger partial charge on any atom is 0.105 e. The van der Waals surface area contributed by atoms with E-state index >= 15 is 0 Å². The Hall–Kier alpha value is -0.200. The molecule has 0 amide bonds. The molecule has 94 valence electrons. The molecule has 2 nitrogen and oxygen atoms in total. The maximum absolute atomic E-state index is 9.41. The topological polar surface area (TPSA) is 33.0 Å². The van der Waals surface area contributed by atoms with Gasteiger partial charge in [0, 0.05) is 6.42 Å². The first kappa shape index (κ1) is 11.9. The van der Waals surface area contributed by atoms with Crippen LogP contribution in [0.1, 0.15) is 57.8 Å². The highest BCUT2D eigenvalue weighted by atomic mass is 32.2. The molecule has 0 N–H and O–H groups in total. The highest BCUT2D eigenvalue weighted by Gasteiger charge is 2.46. The molecule has 2 unspecified atom stereocenters. The molecule has 1 spiro atoms. The first-order chi connectivity index (χ1) is 8.26. The van der Waals surface area contributed by atoms with Crippen LogP contribution >= 0.6 is 11.8 Å². The average Bonchev–Trinajstić information content (AvgIpc) is 3.04. The van der Waals surface area contributed by atoms with Gasteiger partial charge in [0.05, 0.1) is 17.8 Å². The molecule has 0 aromatic heterocycles. The zero-order chi connectivity index (χ0) is 11.8. The van der Waals surface area contributed by atoms with Crippen molar-refractivity contribution < 1.29 is 4.74 Å². The summed E-state index contributed by atoms with van der Waals surface area (Å²) in [6.07, 6.45) is 11.2. The van der Waals surface area contributed by atoms with Gasteiger partial charge in [0.1, 0.15) is 4.75 Å². The molecule has 3 fully saturated rings. The number of hydrogen-bond donors (Lipinski definition) is 0. The molecule has 2 atom stereocenters. The van der Waals surface area contributed by atoms with Crippen LogP contribution in [-0.2, 0) is 4.74 Å². The second-order valence-corrected chi connectivity index (χ2v) is 7.41. The number of rotatable bonds is 2. The van der Waals surface area contributed by atoms with Gasteiger partial charge in [0.25, 0.3) is 0 Å². The molecule has 2 aliphatic heterocycles. The molecule has 3 aliphatic rings. The van der Waals surface area contributed by atoms with E-state index in [0.29, 0.717) is 6.10 Å². The number of thioether (sulfide) groups is 1. The monoisotopic (exact) mass is 251 g/mol. The van der Waals surface area contributed by atoms with Gasteiger partial charge in [-0.1, -0.05) is 12.8 Å². The van der Waals surface area contributed by atoms with Gasteiger partial charge in [-0.2, -0.15) is 5.26 Å². The number of nitrogens with zero attached hydrogens (tertiary/aromatic N) is 1. The van der Waals surface area contributed by atoms with Crippen molar-refractivity contribution in [3.8, 4) is 6.07 Å². The average molecular weight is 251 g/mol. The second-order valence-electron chi connectivity index (χ2n) is 5.93. The highest BCUT2D eigenvalue weighted by molar-refractivity contribution is 8.01. The van der Waals surface area contributed by atoms with Crippen molar-refractivity contribution in [3.05, 3.63) is 0 Å². The Morgan fingerprint density at radius 1 is 1.18 bits per heavy atom. The van der Waals surface area contributed by atoms with Crippen molar-refractivity contribution in [2.24, 2.45) is 0 Å². The van der Waals surface area contributed by atoms with Crippen LogP contribution in [0.3, 0.4) is 0 Å². The van der Waals surface area contributed by atoms with Gasteiger partial charge in [0.15, 0.2) is 0 Å². The SMILES string of the molecule is N#CC1(CC2CCC3(CCCC3)O2)CCCS1. The molecule has 1 saturated carbocycles. The second kappa shape index (κ2) is 4.48. The molecule has 17 heavy (non-hydrogen) atoms. The van der Waals surface area contributed by atoms with E-state index in [9.17, 15) is 5.26 Å². The Kier molecular flexibility index (Phi) is 3.13. The summed E-state index contributed by atoms with van der Waals surface area (Å²) < 4.78 is 6.22. The first-order valence-corrected chi connectivity index (χ1v) is 7.98. The van der Waals surface area contributed by atoms with E-state index in [1.54, 1.807) is 0 Å². The van der Waals surface area contributed by atoms with Gasteiger partial charge >= 0.3 is 0 Å². The molecule has 2 saturated heterocycles. The normalized spacial score (nSPS) is 39.8. The minimum atomic E-state index is -0.116. The molecule has 0 aromatic carbocycles. The standard InChI is InChI=1S/C14H21NOS/c15-11-14(7-3-9-17-14)10-12-4-8-13(16-12)5-1-2-6-13/h12H,1-10H2.